The standard InChI is InChI=1S/C12H12ClFN2S/c1-2-15-6-12-16-11(7-17-12)9-4-3-8(14)5-10(9)13/h3-5,7,15H,2,6H2,1H3. The van der Waals surface area contributed by atoms with E-state index in [1.807, 2.05) is 12.3 Å². The average Bonchev–Trinajstić information content (AvgIpc) is 2.75. The summed E-state index contributed by atoms with van der Waals surface area (Å²) in [5, 5.41) is 6.54. The van der Waals surface area contributed by atoms with Gasteiger partial charge in [-0.2, -0.15) is 0 Å². The topological polar surface area (TPSA) is 24.9 Å². The summed E-state index contributed by atoms with van der Waals surface area (Å²) in [6, 6.07) is 4.36. The third-order valence-electron chi connectivity index (χ3n) is 2.29. The molecule has 1 aromatic heterocycles. The predicted octanol–water partition coefficient (Wildman–Crippen LogP) is 3.71. The van der Waals surface area contributed by atoms with Crippen molar-refractivity contribution < 1.29 is 4.39 Å². The van der Waals surface area contributed by atoms with E-state index in [9.17, 15) is 4.39 Å². The molecule has 2 nitrogen and oxygen atoms in total. The second kappa shape index (κ2) is 5.58. The van der Waals surface area contributed by atoms with E-state index in [0.29, 0.717) is 5.02 Å². The van der Waals surface area contributed by atoms with E-state index in [1.165, 1.54) is 12.1 Å². The number of nitrogens with one attached hydrogen (secondary N) is 1. The molecule has 0 aliphatic rings. The van der Waals surface area contributed by atoms with Gasteiger partial charge in [0.1, 0.15) is 10.8 Å². The fourth-order valence-electron chi connectivity index (χ4n) is 1.44. The number of hydrogen-bond acceptors (Lipinski definition) is 3. The van der Waals surface area contributed by atoms with Crippen LogP contribution in [0.1, 0.15) is 11.9 Å². The Kier molecular flexibility index (Phi) is 4.10. The molecule has 0 saturated heterocycles. The number of hydrogen-bond donors (Lipinski definition) is 1. The molecule has 0 aliphatic carbocycles. The molecular formula is C12H12ClFN2S. The van der Waals surface area contributed by atoms with Gasteiger partial charge in [0.05, 0.1) is 10.7 Å². The van der Waals surface area contributed by atoms with Gasteiger partial charge in [0.15, 0.2) is 0 Å². The van der Waals surface area contributed by atoms with Gasteiger partial charge in [0, 0.05) is 17.5 Å². The molecule has 1 N–H and O–H groups in total. The highest BCUT2D eigenvalue weighted by molar-refractivity contribution is 7.09. The first-order valence-corrected chi connectivity index (χ1v) is 6.57. The fraction of sp³-hybridized carbons (Fsp3) is 0.250. The van der Waals surface area contributed by atoms with E-state index >= 15 is 0 Å². The van der Waals surface area contributed by atoms with Gasteiger partial charge in [-0.1, -0.05) is 18.5 Å². The van der Waals surface area contributed by atoms with Crippen molar-refractivity contribution in [2.24, 2.45) is 0 Å². The van der Waals surface area contributed by atoms with Gasteiger partial charge in [-0.25, -0.2) is 9.37 Å². The molecule has 0 aliphatic heterocycles. The van der Waals surface area contributed by atoms with Crippen molar-refractivity contribution in [2.75, 3.05) is 6.54 Å². The molecule has 2 rings (SSSR count). The van der Waals surface area contributed by atoms with Gasteiger partial charge in [-0.15, -0.1) is 11.3 Å². The van der Waals surface area contributed by atoms with Crippen LogP contribution in [0, 0.1) is 5.82 Å². The Balaban J connectivity index is 2.24. The van der Waals surface area contributed by atoms with E-state index in [1.54, 1.807) is 17.4 Å². The molecule has 90 valence electrons. The van der Waals surface area contributed by atoms with Crippen molar-refractivity contribution in [1.29, 1.82) is 0 Å². The summed E-state index contributed by atoms with van der Waals surface area (Å²) in [7, 11) is 0. The Morgan fingerprint density at radius 1 is 1.47 bits per heavy atom. The lowest BCUT2D eigenvalue weighted by molar-refractivity contribution is 0.628. The lowest BCUT2D eigenvalue weighted by atomic mass is 10.2. The maximum Gasteiger partial charge on any atom is 0.124 e. The molecule has 0 atom stereocenters. The van der Waals surface area contributed by atoms with Gasteiger partial charge in [-0.05, 0) is 24.7 Å². The second-order valence-corrected chi connectivity index (χ2v) is 4.88. The van der Waals surface area contributed by atoms with Crippen LogP contribution in [0.3, 0.4) is 0 Å². The van der Waals surface area contributed by atoms with Gasteiger partial charge in [-0.3, -0.25) is 0 Å². The summed E-state index contributed by atoms with van der Waals surface area (Å²) in [4.78, 5) is 4.46. The molecule has 0 saturated carbocycles. The van der Waals surface area contributed by atoms with Crippen molar-refractivity contribution in [3.8, 4) is 11.3 Å². The number of benzene rings is 1. The Morgan fingerprint density at radius 3 is 3.00 bits per heavy atom. The van der Waals surface area contributed by atoms with Crippen LogP contribution in [0.15, 0.2) is 23.6 Å². The molecule has 2 aromatic rings. The summed E-state index contributed by atoms with van der Waals surface area (Å²) in [6.07, 6.45) is 0. The van der Waals surface area contributed by atoms with Crippen LogP contribution in [0.5, 0.6) is 0 Å². The first-order valence-electron chi connectivity index (χ1n) is 5.31. The van der Waals surface area contributed by atoms with E-state index < -0.39 is 0 Å². The van der Waals surface area contributed by atoms with Crippen molar-refractivity contribution in [1.82, 2.24) is 10.3 Å². The first-order chi connectivity index (χ1) is 8.20. The van der Waals surface area contributed by atoms with E-state index in [0.717, 1.165) is 29.4 Å². The Labute approximate surface area is 108 Å². The number of thiazole rings is 1. The summed E-state index contributed by atoms with van der Waals surface area (Å²) in [5.74, 6) is -0.332. The van der Waals surface area contributed by atoms with Crippen molar-refractivity contribution >= 4 is 22.9 Å². The van der Waals surface area contributed by atoms with E-state index in [2.05, 4.69) is 10.3 Å². The van der Waals surface area contributed by atoms with Crippen molar-refractivity contribution in [2.45, 2.75) is 13.5 Å². The number of aromatic nitrogens is 1. The zero-order valence-corrected chi connectivity index (χ0v) is 10.9. The minimum absolute atomic E-state index is 0.332. The lowest BCUT2D eigenvalue weighted by Crippen LogP contribution is -2.11. The molecule has 0 radical (unpaired) electrons. The van der Waals surface area contributed by atoms with Crippen molar-refractivity contribution in [3.63, 3.8) is 0 Å². The second-order valence-electron chi connectivity index (χ2n) is 3.53. The van der Waals surface area contributed by atoms with Crippen LogP contribution < -0.4 is 5.32 Å². The molecule has 5 heteroatoms. The molecule has 1 aromatic carbocycles. The molecule has 0 fully saturated rings. The maximum absolute atomic E-state index is 12.9. The zero-order chi connectivity index (χ0) is 12.3. The van der Waals surface area contributed by atoms with Crippen LogP contribution in [0.25, 0.3) is 11.3 Å². The SMILES string of the molecule is CCNCc1nc(-c2ccc(F)cc2Cl)cs1. The Bertz CT molecular complexity index is 513. The van der Waals surface area contributed by atoms with Gasteiger partial charge in [0.25, 0.3) is 0 Å². The highest BCUT2D eigenvalue weighted by Gasteiger charge is 2.08. The summed E-state index contributed by atoms with van der Waals surface area (Å²) >= 11 is 7.56. The molecule has 0 unspecified atom stereocenters. The molecule has 1 heterocycles. The molecule has 0 spiro atoms. The quantitative estimate of drug-likeness (QED) is 0.916. The molecular weight excluding hydrogens is 259 g/mol. The average molecular weight is 271 g/mol. The highest BCUT2D eigenvalue weighted by Crippen LogP contribution is 2.29. The van der Waals surface area contributed by atoms with Gasteiger partial charge in [0.2, 0.25) is 0 Å². The normalized spacial score (nSPS) is 10.8. The monoisotopic (exact) mass is 270 g/mol. The largest absolute Gasteiger partial charge is 0.311 e. The van der Waals surface area contributed by atoms with Crippen LogP contribution in [-0.2, 0) is 6.54 Å². The Hall–Kier alpha value is -0.970. The summed E-state index contributed by atoms with van der Waals surface area (Å²) in [6.45, 7) is 3.71. The minimum atomic E-state index is -0.332. The minimum Gasteiger partial charge on any atom is -0.311 e. The molecule has 0 amide bonds. The lowest BCUT2D eigenvalue weighted by Gasteiger charge is -2.00. The third kappa shape index (κ3) is 3.03. The van der Waals surface area contributed by atoms with Crippen LogP contribution in [-0.4, -0.2) is 11.5 Å². The smallest absolute Gasteiger partial charge is 0.124 e. The number of rotatable bonds is 4. The third-order valence-corrected chi connectivity index (χ3v) is 3.45. The van der Waals surface area contributed by atoms with Crippen LogP contribution in [0.4, 0.5) is 4.39 Å². The van der Waals surface area contributed by atoms with E-state index in [-0.39, 0.29) is 5.82 Å². The van der Waals surface area contributed by atoms with Crippen molar-refractivity contribution in [3.05, 3.63) is 39.4 Å². The summed E-state index contributed by atoms with van der Waals surface area (Å²) < 4.78 is 12.9. The predicted molar refractivity (Wildman–Crippen MR) is 69.9 cm³/mol. The maximum atomic E-state index is 12.9. The van der Waals surface area contributed by atoms with Gasteiger partial charge >= 0.3 is 0 Å². The van der Waals surface area contributed by atoms with Crippen LogP contribution in [0.2, 0.25) is 5.02 Å². The highest BCUT2D eigenvalue weighted by atomic mass is 35.5. The summed E-state index contributed by atoms with van der Waals surface area (Å²) in [5.41, 5.74) is 1.57. The molecule has 17 heavy (non-hydrogen) atoms. The Morgan fingerprint density at radius 2 is 2.29 bits per heavy atom. The zero-order valence-electron chi connectivity index (χ0n) is 9.34. The molecule has 0 bridgehead atoms. The number of halogens is 2. The first kappa shape index (κ1) is 12.5. The van der Waals surface area contributed by atoms with Gasteiger partial charge < -0.3 is 5.32 Å². The number of nitrogens with zero attached hydrogens (tertiary/aromatic N) is 1. The van der Waals surface area contributed by atoms with Crippen LogP contribution >= 0.6 is 22.9 Å². The van der Waals surface area contributed by atoms with E-state index in [4.69, 9.17) is 11.6 Å². The fourth-order valence-corrected chi connectivity index (χ4v) is 2.47.